The van der Waals surface area contributed by atoms with E-state index in [1.54, 1.807) is 13.0 Å². The zero-order valence-electron chi connectivity index (χ0n) is 13.0. The molecule has 1 aliphatic heterocycles. The van der Waals surface area contributed by atoms with Crippen LogP contribution in [0.2, 0.25) is 0 Å². The summed E-state index contributed by atoms with van der Waals surface area (Å²) in [4.78, 5) is 35.6. The molecule has 6 atom stereocenters. The molecule has 6 unspecified atom stereocenters. The first-order chi connectivity index (χ1) is 11.0. The first kappa shape index (κ1) is 15.8. The van der Waals surface area contributed by atoms with Gasteiger partial charge in [-0.25, -0.2) is 4.79 Å². The molecule has 3 aliphatic rings. The molecule has 0 spiro atoms. The molecule has 3 fully saturated rings. The van der Waals surface area contributed by atoms with Crippen LogP contribution in [0, 0.1) is 29.6 Å². The van der Waals surface area contributed by atoms with Gasteiger partial charge < -0.3 is 14.2 Å². The molecule has 0 aromatic carbocycles. The Bertz CT molecular complexity index is 580. The Labute approximate surface area is 134 Å². The van der Waals surface area contributed by atoms with Gasteiger partial charge in [0.25, 0.3) is 0 Å². The van der Waals surface area contributed by atoms with Crippen LogP contribution in [0.25, 0.3) is 0 Å². The van der Waals surface area contributed by atoms with Gasteiger partial charge in [0.05, 0.1) is 11.8 Å². The highest BCUT2D eigenvalue weighted by molar-refractivity contribution is 5.87. The molecule has 6 nitrogen and oxygen atoms in total. The van der Waals surface area contributed by atoms with Gasteiger partial charge >= 0.3 is 17.9 Å². The molecule has 23 heavy (non-hydrogen) atoms. The highest BCUT2D eigenvalue weighted by atomic mass is 16.6. The third kappa shape index (κ3) is 2.46. The Balaban J connectivity index is 1.58. The number of carbonyl (C=O) groups excluding carboxylic acids is 3. The molecular formula is C17H20O6. The molecule has 1 saturated heterocycles. The lowest BCUT2D eigenvalue weighted by Crippen LogP contribution is -2.38. The van der Waals surface area contributed by atoms with Crippen molar-refractivity contribution in [3.63, 3.8) is 0 Å². The van der Waals surface area contributed by atoms with Crippen molar-refractivity contribution in [3.05, 3.63) is 24.8 Å². The Kier molecular flexibility index (Phi) is 4.00. The fourth-order valence-corrected chi connectivity index (χ4v) is 4.23. The van der Waals surface area contributed by atoms with Crippen LogP contribution in [-0.4, -0.2) is 37.2 Å². The lowest BCUT2D eigenvalue weighted by Gasteiger charge is -2.28. The van der Waals surface area contributed by atoms with Gasteiger partial charge in [0.2, 0.25) is 0 Å². The van der Waals surface area contributed by atoms with Gasteiger partial charge in [-0.2, -0.15) is 0 Å². The minimum atomic E-state index is -0.519. The van der Waals surface area contributed by atoms with E-state index >= 15 is 0 Å². The van der Waals surface area contributed by atoms with Gasteiger partial charge in [-0.1, -0.05) is 12.7 Å². The van der Waals surface area contributed by atoms with Crippen LogP contribution in [0.5, 0.6) is 0 Å². The first-order valence-electron chi connectivity index (χ1n) is 7.78. The second kappa shape index (κ2) is 5.83. The molecule has 2 saturated carbocycles. The molecule has 3 rings (SSSR count). The van der Waals surface area contributed by atoms with Crippen molar-refractivity contribution in [2.45, 2.75) is 19.4 Å². The van der Waals surface area contributed by atoms with Crippen LogP contribution < -0.4 is 0 Å². The van der Waals surface area contributed by atoms with Gasteiger partial charge in [-0.3, -0.25) is 9.59 Å². The SMILES string of the molecule is C=CC1C2CC3C1OC(=O)C3C2C(=O)OCCOC(=O)C(=C)C. The van der Waals surface area contributed by atoms with Crippen molar-refractivity contribution in [1.82, 2.24) is 0 Å². The number of rotatable bonds is 6. The van der Waals surface area contributed by atoms with Crippen LogP contribution in [0.4, 0.5) is 0 Å². The van der Waals surface area contributed by atoms with Gasteiger partial charge in [-0.15, -0.1) is 6.58 Å². The zero-order valence-corrected chi connectivity index (χ0v) is 13.0. The summed E-state index contributed by atoms with van der Waals surface area (Å²) in [5.41, 5.74) is 0.290. The van der Waals surface area contributed by atoms with Gasteiger partial charge in [0.1, 0.15) is 19.3 Å². The van der Waals surface area contributed by atoms with Crippen LogP contribution in [0.1, 0.15) is 13.3 Å². The summed E-state index contributed by atoms with van der Waals surface area (Å²) in [6.07, 6.45) is 2.44. The second-order valence-corrected chi connectivity index (χ2v) is 6.41. The predicted octanol–water partition coefficient (Wildman–Crippen LogP) is 1.26. The maximum Gasteiger partial charge on any atom is 0.333 e. The molecule has 1 heterocycles. The molecule has 0 aromatic rings. The summed E-state index contributed by atoms with van der Waals surface area (Å²) in [5, 5.41) is 0. The standard InChI is InChI=1S/C17H20O6/c1-4-9-10-7-11-13(17(20)23-14(9)11)12(10)16(19)22-6-5-21-15(18)8(2)3/h4,9-14H,1-2,5-7H2,3H3. The average Bonchev–Trinajstić information content (AvgIpc) is 3.11. The molecule has 0 radical (unpaired) electrons. The van der Waals surface area contributed by atoms with E-state index in [1.807, 2.05) is 0 Å². The summed E-state index contributed by atoms with van der Waals surface area (Å²) in [5.74, 6) is -1.96. The molecule has 0 aromatic heterocycles. The van der Waals surface area contributed by atoms with Crippen molar-refractivity contribution in [3.8, 4) is 0 Å². The van der Waals surface area contributed by atoms with E-state index in [-0.39, 0.29) is 48.6 Å². The summed E-state index contributed by atoms with van der Waals surface area (Å²) in [6, 6.07) is 0. The zero-order chi connectivity index (χ0) is 16.7. The molecule has 0 N–H and O–H groups in total. The third-order valence-electron chi connectivity index (χ3n) is 5.13. The molecule has 6 heteroatoms. The van der Waals surface area contributed by atoms with Crippen LogP contribution in [0.3, 0.4) is 0 Å². The van der Waals surface area contributed by atoms with E-state index in [0.29, 0.717) is 0 Å². The maximum absolute atomic E-state index is 12.4. The maximum atomic E-state index is 12.4. The monoisotopic (exact) mass is 320 g/mol. The molecule has 0 amide bonds. The van der Waals surface area contributed by atoms with Crippen molar-refractivity contribution in [2.24, 2.45) is 29.6 Å². The lowest BCUT2D eigenvalue weighted by molar-refractivity contribution is -0.158. The van der Waals surface area contributed by atoms with Gasteiger partial charge in [-0.05, 0) is 19.3 Å². The van der Waals surface area contributed by atoms with E-state index in [4.69, 9.17) is 14.2 Å². The number of carbonyl (C=O) groups is 3. The molecular weight excluding hydrogens is 300 g/mol. The highest BCUT2D eigenvalue weighted by Crippen LogP contribution is 2.60. The Morgan fingerprint density at radius 2 is 2.00 bits per heavy atom. The van der Waals surface area contributed by atoms with Crippen molar-refractivity contribution in [2.75, 3.05) is 13.2 Å². The molecule has 2 bridgehead atoms. The average molecular weight is 320 g/mol. The Hall–Kier alpha value is -2.11. The normalized spacial score (nSPS) is 36.5. The fourth-order valence-electron chi connectivity index (χ4n) is 4.23. The van der Waals surface area contributed by atoms with Crippen molar-refractivity contribution in [1.29, 1.82) is 0 Å². The van der Waals surface area contributed by atoms with Crippen LogP contribution in [-0.2, 0) is 28.6 Å². The number of fused-ring (bicyclic) bond motifs is 1. The van der Waals surface area contributed by atoms with Crippen molar-refractivity contribution < 1.29 is 28.6 Å². The van der Waals surface area contributed by atoms with E-state index in [0.717, 1.165) is 6.42 Å². The summed E-state index contributed by atoms with van der Waals surface area (Å²) >= 11 is 0. The topological polar surface area (TPSA) is 78.9 Å². The van der Waals surface area contributed by atoms with E-state index < -0.39 is 23.8 Å². The Morgan fingerprint density at radius 3 is 2.65 bits per heavy atom. The quantitative estimate of drug-likeness (QED) is 0.241. The van der Waals surface area contributed by atoms with Crippen molar-refractivity contribution >= 4 is 17.9 Å². The lowest BCUT2D eigenvalue weighted by atomic mass is 9.74. The van der Waals surface area contributed by atoms with E-state index in [9.17, 15) is 14.4 Å². The van der Waals surface area contributed by atoms with E-state index in [2.05, 4.69) is 13.2 Å². The summed E-state index contributed by atoms with van der Waals surface area (Å²) < 4.78 is 15.5. The predicted molar refractivity (Wildman–Crippen MR) is 78.9 cm³/mol. The number of esters is 3. The summed E-state index contributed by atoms with van der Waals surface area (Å²) in [7, 11) is 0. The summed E-state index contributed by atoms with van der Waals surface area (Å²) in [6.45, 7) is 8.75. The van der Waals surface area contributed by atoms with Gasteiger partial charge in [0.15, 0.2) is 0 Å². The minimum Gasteiger partial charge on any atom is -0.462 e. The fraction of sp³-hybridized carbons (Fsp3) is 0.588. The minimum absolute atomic E-state index is 0.0153. The van der Waals surface area contributed by atoms with Crippen LogP contribution >= 0.6 is 0 Å². The second-order valence-electron chi connectivity index (χ2n) is 6.41. The number of ether oxygens (including phenoxy) is 3. The molecule has 2 aliphatic carbocycles. The number of hydrogen-bond acceptors (Lipinski definition) is 6. The smallest absolute Gasteiger partial charge is 0.333 e. The number of hydrogen-bond donors (Lipinski definition) is 0. The first-order valence-corrected chi connectivity index (χ1v) is 7.78. The van der Waals surface area contributed by atoms with Gasteiger partial charge in [0, 0.05) is 17.4 Å². The van der Waals surface area contributed by atoms with Crippen LogP contribution in [0.15, 0.2) is 24.8 Å². The Morgan fingerprint density at radius 1 is 1.30 bits per heavy atom. The highest BCUT2D eigenvalue weighted by Gasteiger charge is 2.67. The van der Waals surface area contributed by atoms with E-state index in [1.165, 1.54) is 0 Å². The largest absolute Gasteiger partial charge is 0.462 e. The molecule has 124 valence electrons. The third-order valence-corrected chi connectivity index (χ3v) is 5.13.